The van der Waals surface area contributed by atoms with Crippen molar-refractivity contribution in [3.05, 3.63) is 17.1 Å². The predicted octanol–water partition coefficient (Wildman–Crippen LogP) is -2.41. The molecule has 2 rings (SSSR count). The van der Waals surface area contributed by atoms with Gasteiger partial charge in [-0.1, -0.05) is 0 Å². The van der Waals surface area contributed by atoms with Gasteiger partial charge >= 0.3 is 5.69 Å². The summed E-state index contributed by atoms with van der Waals surface area (Å²) in [6.45, 7) is 10.8. The van der Waals surface area contributed by atoms with Gasteiger partial charge in [-0.3, -0.25) is 0 Å². The topological polar surface area (TPSA) is 59.1 Å². The van der Waals surface area contributed by atoms with Gasteiger partial charge in [-0.05, 0) is 27.7 Å². The summed E-state index contributed by atoms with van der Waals surface area (Å²) in [5.41, 5.74) is 1.32. The van der Waals surface area contributed by atoms with Crippen molar-refractivity contribution in [3.8, 4) is 11.5 Å². The fraction of sp³-hybridized carbons (Fsp3) is 0.625. The molecule has 1 fully saturated rings. The summed E-state index contributed by atoms with van der Waals surface area (Å²) in [6.07, 6.45) is 0.0260. The molecule has 0 unspecified atom stereocenters. The summed E-state index contributed by atoms with van der Waals surface area (Å²) in [5.74, 6) is 1.25. The number of benzene rings is 1. The minimum absolute atomic E-state index is 0. The van der Waals surface area contributed by atoms with Crippen LogP contribution in [0.1, 0.15) is 27.7 Å². The SMILES string of the molecule is CC(C)Oc1cc(N2CCOCC2)c(OC(C)C)cc1[N+]#N.[Cl-].[Cl-].[Zn]. The Kier molecular flexibility index (Phi) is 13.3. The Morgan fingerprint density at radius 3 is 2.00 bits per heavy atom. The standard InChI is InChI=1S/C16H24N3O3.2ClH.Zn/c1-11(2)21-15-10-14(19-5-7-20-8-6-19)16(22-12(3)4)9-13(15)18-17;;;/h9-12H,5-8H2,1-4H3;2*1H;/q+1;;;/p-2. The molecule has 0 atom stereocenters. The van der Waals surface area contributed by atoms with Crippen molar-refractivity contribution in [3.63, 3.8) is 0 Å². The molecule has 138 valence electrons. The normalized spacial score (nSPS) is 13.2. The van der Waals surface area contributed by atoms with Gasteiger partial charge < -0.3 is 43.9 Å². The number of diazo groups is 1. The molecule has 1 aliphatic rings. The van der Waals surface area contributed by atoms with Crippen LogP contribution in [0, 0.1) is 5.39 Å². The Labute approximate surface area is 174 Å². The van der Waals surface area contributed by atoms with Gasteiger partial charge in [0.25, 0.3) is 0 Å². The Hall–Kier alpha value is -0.797. The van der Waals surface area contributed by atoms with E-state index in [9.17, 15) is 5.39 Å². The van der Waals surface area contributed by atoms with E-state index in [1.165, 1.54) is 0 Å². The third-order valence-corrected chi connectivity index (χ3v) is 3.23. The number of hydrogen-bond acceptors (Lipinski definition) is 5. The van der Waals surface area contributed by atoms with Crippen LogP contribution in [-0.2, 0) is 24.2 Å². The molecule has 0 amide bonds. The van der Waals surface area contributed by atoms with E-state index in [4.69, 9.17) is 14.2 Å². The second-order valence-corrected chi connectivity index (χ2v) is 5.82. The second kappa shape index (κ2) is 12.5. The van der Waals surface area contributed by atoms with Gasteiger partial charge in [0.05, 0.1) is 37.2 Å². The van der Waals surface area contributed by atoms with Gasteiger partial charge in [-0.15, -0.1) is 0 Å². The smallest absolute Gasteiger partial charge is 0.430 e. The predicted molar refractivity (Wildman–Crippen MR) is 85.7 cm³/mol. The third-order valence-electron chi connectivity index (χ3n) is 3.23. The number of halogens is 2. The largest absolute Gasteiger partial charge is 1.00 e. The summed E-state index contributed by atoms with van der Waals surface area (Å²) < 4.78 is 17.1. The number of rotatable bonds is 5. The maximum absolute atomic E-state index is 9.25. The molecule has 0 aliphatic carbocycles. The Morgan fingerprint density at radius 1 is 1.00 bits per heavy atom. The van der Waals surface area contributed by atoms with E-state index in [1.54, 1.807) is 6.07 Å². The van der Waals surface area contributed by atoms with Crippen LogP contribution < -0.4 is 39.2 Å². The quantitative estimate of drug-likeness (QED) is 0.376. The number of hydrogen-bond donors (Lipinski definition) is 0. The van der Waals surface area contributed by atoms with Crippen molar-refractivity contribution in [2.75, 3.05) is 31.2 Å². The van der Waals surface area contributed by atoms with Crippen molar-refractivity contribution in [1.82, 2.24) is 0 Å². The van der Waals surface area contributed by atoms with Crippen molar-refractivity contribution in [2.45, 2.75) is 39.9 Å². The zero-order valence-corrected chi connectivity index (χ0v) is 19.6. The first-order valence-electron chi connectivity index (χ1n) is 7.70. The average molecular weight is 443 g/mol. The molecule has 9 heteroatoms. The van der Waals surface area contributed by atoms with Gasteiger partial charge in [0.1, 0.15) is 0 Å². The first-order valence-corrected chi connectivity index (χ1v) is 7.70. The van der Waals surface area contributed by atoms with Crippen LogP contribution in [-0.4, -0.2) is 38.5 Å². The molecular weight excluding hydrogens is 418 g/mol. The summed E-state index contributed by atoms with van der Waals surface area (Å²) in [6, 6.07) is 3.61. The summed E-state index contributed by atoms with van der Waals surface area (Å²) in [4.78, 5) is 5.53. The number of nitrogens with zero attached hydrogens (tertiary/aromatic N) is 3. The Bertz CT molecular complexity index is 562. The van der Waals surface area contributed by atoms with E-state index >= 15 is 0 Å². The van der Waals surface area contributed by atoms with Gasteiger partial charge in [0.2, 0.25) is 11.1 Å². The molecule has 1 aliphatic heterocycles. The first kappa shape index (κ1) is 26.4. The van der Waals surface area contributed by atoms with Crippen molar-refractivity contribution < 1.29 is 58.5 Å². The van der Waals surface area contributed by atoms with Gasteiger partial charge in [0, 0.05) is 38.6 Å². The molecule has 0 saturated carbocycles. The van der Waals surface area contributed by atoms with Gasteiger partial charge in [-0.25, -0.2) is 0 Å². The molecule has 1 aromatic carbocycles. The van der Waals surface area contributed by atoms with E-state index in [-0.39, 0.29) is 56.5 Å². The molecular formula is C16H24Cl2N3O3Zn-. The van der Waals surface area contributed by atoms with E-state index in [2.05, 4.69) is 9.88 Å². The number of anilines is 1. The van der Waals surface area contributed by atoms with Crippen LogP contribution in [0.15, 0.2) is 12.1 Å². The molecule has 0 aromatic heterocycles. The molecule has 0 N–H and O–H groups in total. The fourth-order valence-electron chi connectivity index (χ4n) is 2.36. The van der Waals surface area contributed by atoms with Crippen molar-refractivity contribution in [1.29, 1.82) is 5.39 Å². The van der Waals surface area contributed by atoms with E-state index in [1.807, 2.05) is 33.8 Å². The Morgan fingerprint density at radius 2 is 1.52 bits per heavy atom. The molecule has 0 bridgehead atoms. The van der Waals surface area contributed by atoms with Crippen molar-refractivity contribution in [2.24, 2.45) is 0 Å². The fourth-order valence-corrected chi connectivity index (χ4v) is 2.36. The van der Waals surface area contributed by atoms with Crippen LogP contribution in [0.3, 0.4) is 0 Å². The van der Waals surface area contributed by atoms with Crippen LogP contribution in [0.2, 0.25) is 0 Å². The molecule has 1 aromatic rings. The zero-order chi connectivity index (χ0) is 16.1. The first-order chi connectivity index (χ1) is 10.5. The summed E-state index contributed by atoms with van der Waals surface area (Å²) in [7, 11) is 0. The third kappa shape index (κ3) is 7.54. The molecule has 0 radical (unpaired) electrons. The number of ether oxygens (including phenoxy) is 3. The molecule has 1 saturated heterocycles. The summed E-state index contributed by atoms with van der Waals surface area (Å²) in [5, 5.41) is 9.25. The van der Waals surface area contributed by atoms with Crippen LogP contribution in [0.5, 0.6) is 11.5 Å². The van der Waals surface area contributed by atoms with E-state index < -0.39 is 0 Å². The van der Waals surface area contributed by atoms with E-state index in [0.29, 0.717) is 30.4 Å². The maximum atomic E-state index is 9.25. The van der Waals surface area contributed by atoms with Crippen LogP contribution in [0.25, 0.3) is 4.98 Å². The second-order valence-electron chi connectivity index (χ2n) is 5.82. The average Bonchev–Trinajstić information content (AvgIpc) is 2.48. The minimum atomic E-state index is -0.00472. The van der Waals surface area contributed by atoms with Gasteiger partial charge in [-0.2, -0.15) is 0 Å². The molecule has 6 nitrogen and oxygen atoms in total. The molecule has 25 heavy (non-hydrogen) atoms. The van der Waals surface area contributed by atoms with Crippen molar-refractivity contribution >= 4 is 11.4 Å². The number of morpholine rings is 1. The van der Waals surface area contributed by atoms with Crippen LogP contribution >= 0.6 is 0 Å². The molecule has 0 spiro atoms. The summed E-state index contributed by atoms with van der Waals surface area (Å²) >= 11 is 0. The van der Waals surface area contributed by atoms with Gasteiger partial charge in [0.15, 0.2) is 10.7 Å². The Balaban J connectivity index is 0. The maximum Gasteiger partial charge on any atom is 0.430 e. The van der Waals surface area contributed by atoms with E-state index in [0.717, 1.165) is 18.8 Å². The monoisotopic (exact) mass is 440 g/mol. The zero-order valence-electron chi connectivity index (χ0n) is 15.2. The molecule has 1 heterocycles. The minimum Gasteiger partial charge on any atom is -1.00 e. The van der Waals surface area contributed by atoms with Crippen LogP contribution in [0.4, 0.5) is 11.4 Å².